The zero-order chi connectivity index (χ0) is 18.2. The number of carbonyl (C=O) groups excluding carboxylic acids is 1. The first-order valence-electron chi connectivity index (χ1n) is 8.72. The van der Waals surface area contributed by atoms with Crippen molar-refractivity contribution in [3.63, 3.8) is 0 Å². The minimum absolute atomic E-state index is 0.0391. The molecule has 3 rings (SSSR count). The Labute approximate surface area is 152 Å². The van der Waals surface area contributed by atoms with Crippen molar-refractivity contribution in [1.82, 2.24) is 15.3 Å². The minimum Gasteiger partial charge on any atom is -0.368 e. The van der Waals surface area contributed by atoms with Gasteiger partial charge in [0.2, 0.25) is 5.91 Å². The van der Waals surface area contributed by atoms with Crippen LogP contribution in [-0.4, -0.2) is 35.0 Å². The minimum atomic E-state index is -0.184. The molecule has 1 amide bonds. The first-order chi connectivity index (χ1) is 12.7. The van der Waals surface area contributed by atoms with Gasteiger partial charge in [-0.3, -0.25) is 4.79 Å². The molecule has 26 heavy (non-hydrogen) atoms. The summed E-state index contributed by atoms with van der Waals surface area (Å²) >= 11 is 0. The van der Waals surface area contributed by atoms with Crippen molar-refractivity contribution < 1.29 is 4.79 Å². The van der Waals surface area contributed by atoms with Gasteiger partial charge in [-0.05, 0) is 24.1 Å². The van der Waals surface area contributed by atoms with E-state index < -0.39 is 0 Å². The van der Waals surface area contributed by atoms with Crippen molar-refractivity contribution in [3.05, 3.63) is 66.5 Å². The van der Waals surface area contributed by atoms with Gasteiger partial charge in [0.1, 0.15) is 12.1 Å². The molecule has 0 aliphatic heterocycles. The highest BCUT2D eigenvalue weighted by Gasteiger charge is 2.10. The number of nitrogens with two attached hydrogens (primary N) is 1. The second-order valence-corrected chi connectivity index (χ2v) is 6.17. The number of rotatable bonds is 8. The lowest BCUT2D eigenvalue weighted by Crippen LogP contribution is -2.35. The number of para-hydroxylation sites is 1. The van der Waals surface area contributed by atoms with E-state index in [4.69, 9.17) is 5.73 Å². The smallest absolute Gasteiger partial charge is 0.221 e. The van der Waals surface area contributed by atoms with Gasteiger partial charge in [-0.2, -0.15) is 0 Å². The fourth-order valence-electron chi connectivity index (χ4n) is 2.83. The molecule has 3 aromatic rings. The maximum absolute atomic E-state index is 12.0. The fourth-order valence-corrected chi connectivity index (χ4v) is 2.83. The lowest BCUT2D eigenvalue weighted by molar-refractivity contribution is -0.121. The Hall–Kier alpha value is -2.99. The lowest BCUT2D eigenvalue weighted by Gasteiger charge is -2.12. The van der Waals surface area contributed by atoms with Crippen LogP contribution in [-0.2, 0) is 11.2 Å². The van der Waals surface area contributed by atoms with Gasteiger partial charge in [-0.1, -0.05) is 42.5 Å². The Balaban J connectivity index is 1.41. The van der Waals surface area contributed by atoms with E-state index >= 15 is 0 Å². The normalized spacial score (nSPS) is 11.9. The summed E-state index contributed by atoms with van der Waals surface area (Å²) in [4.78, 5) is 20.5. The van der Waals surface area contributed by atoms with Gasteiger partial charge in [-0.25, -0.2) is 9.97 Å². The van der Waals surface area contributed by atoms with E-state index in [2.05, 4.69) is 20.6 Å². The van der Waals surface area contributed by atoms with Crippen LogP contribution in [0.4, 0.5) is 5.82 Å². The third kappa shape index (κ3) is 5.00. The number of aromatic nitrogens is 2. The second-order valence-electron chi connectivity index (χ2n) is 6.17. The summed E-state index contributed by atoms with van der Waals surface area (Å²) < 4.78 is 0. The van der Waals surface area contributed by atoms with Crippen LogP contribution in [0.2, 0.25) is 0 Å². The molecule has 0 saturated carbocycles. The van der Waals surface area contributed by atoms with Crippen LogP contribution in [0.25, 0.3) is 10.9 Å². The van der Waals surface area contributed by atoms with Crippen molar-refractivity contribution in [3.8, 4) is 0 Å². The van der Waals surface area contributed by atoms with Crippen LogP contribution in [0.5, 0.6) is 0 Å². The Morgan fingerprint density at radius 2 is 1.77 bits per heavy atom. The number of nitrogens with zero attached hydrogens (tertiary/aromatic N) is 2. The van der Waals surface area contributed by atoms with Crippen molar-refractivity contribution in [2.75, 3.05) is 18.4 Å². The third-order valence-electron chi connectivity index (χ3n) is 4.07. The SMILES string of the molecule is NC(CC(=O)NCCNc1ncnc2ccccc12)Cc1ccccc1. The van der Waals surface area contributed by atoms with Gasteiger partial charge >= 0.3 is 0 Å². The topological polar surface area (TPSA) is 92.9 Å². The molecule has 0 aliphatic carbocycles. The number of nitrogens with one attached hydrogen (secondary N) is 2. The molecule has 6 heteroatoms. The van der Waals surface area contributed by atoms with E-state index in [1.807, 2.05) is 54.6 Å². The number of hydrogen-bond acceptors (Lipinski definition) is 5. The molecule has 0 saturated heterocycles. The van der Waals surface area contributed by atoms with Crippen LogP contribution in [0, 0.1) is 0 Å². The van der Waals surface area contributed by atoms with Crippen molar-refractivity contribution >= 4 is 22.6 Å². The summed E-state index contributed by atoms with van der Waals surface area (Å²) in [5.74, 6) is 0.730. The summed E-state index contributed by atoms with van der Waals surface area (Å²) in [5.41, 5.74) is 8.10. The monoisotopic (exact) mass is 349 g/mol. The predicted octanol–water partition coefficient (Wildman–Crippen LogP) is 2.12. The Morgan fingerprint density at radius 1 is 1.00 bits per heavy atom. The molecule has 1 unspecified atom stereocenters. The van der Waals surface area contributed by atoms with Crippen LogP contribution < -0.4 is 16.4 Å². The summed E-state index contributed by atoms with van der Waals surface area (Å²) in [6.45, 7) is 1.09. The molecule has 134 valence electrons. The average molecular weight is 349 g/mol. The molecule has 1 atom stereocenters. The predicted molar refractivity (Wildman–Crippen MR) is 104 cm³/mol. The van der Waals surface area contributed by atoms with E-state index in [0.717, 1.165) is 22.3 Å². The van der Waals surface area contributed by atoms with Crippen LogP contribution >= 0.6 is 0 Å². The molecule has 4 N–H and O–H groups in total. The van der Waals surface area contributed by atoms with Crippen molar-refractivity contribution in [2.24, 2.45) is 5.73 Å². The molecule has 1 aromatic heterocycles. The highest BCUT2D eigenvalue weighted by molar-refractivity contribution is 5.88. The number of hydrogen-bond donors (Lipinski definition) is 3. The van der Waals surface area contributed by atoms with Crippen LogP contribution in [0.1, 0.15) is 12.0 Å². The van der Waals surface area contributed by atoms with Gasteiger partial charge in [0.25, 0.3) is 0 Å². The van der Waals surface area contributed by atoms with E-state index in [0.29, 0.717) is 25.9 Å². The molecule has 0 radical (unpaired) electrons. The zero-order valence-electron chi connectivity index (χ0n) is 14.6. The number of benzene rings is 2. The molecular weight excluding hydrogens is 326 g/mol. The summed E-state index contributed by atoms with van der Waals surface area (Å²) in [6, 6.07) is 17.6. The van der Waals surface area contributed by atoms with Crippen LogP contribution in [0.3, 0.4) is 0 Å². The maximum Gasteiger partial charge on any atom is 0.221 e. The summed E-state index contributed by atoms with van der Waals surface area (Å²) in [5, 5.41) is 7.10. The van der Waals surface area contributed by atoms with E-state index in [1.165, 1.54) is 6.33 Å². The van der Waals surface area contributed by atoms with Crippen molar-refractivity contribution in [1.29, 1.82) is 0 Å². The average Bonchev–Trinajstić information content (AvgIpc) is 2.66. The number of amides is 1. The zero-order valence-corrected chi connectivity index (χ0v) is 14.6. The fraction of sp³-hybridized carbons (Fsp3) is 0.250. The highest BCUT2D eigenvalue weighted by Crippen LogP contribution is 2.17. The first kappa shape index (κ1) is 17.8. The molecule has 2 aromatic carbocycles. The van der Waals surface area contributed by atoms with Gasteiger partial charge in [0, 0.05) is 30.9 Å². The molecule has 1 heterocycles. The quantitative estimate of drug-likeness (QED) is 0.542. The Kier molecular flexibility index (Phi) is 6.11. The lowest BCUT2D eigenvalue weighted by atomic mass is 10.0. The van der Waals surface area contributed by atoms with E-state index in [-0.39, 0.29) is 11.9 Å². The van der Waals surface area contributed by atoms with E-state index in [9.17, 15) is 4.79 Å². The number of fused-ring (bicyclic) bond motifs is 1. The molecule has 6 nitrogen and oxygen atoms in total. The summed E-state index contributed by atoms with van der Waals surface area (Å²) in [6.07, 6.45) is 2.54. The molecule has 0 fully saturated rings. The molecule has 0 bridgehead atoms. The summed E-state index contributed by atoms with van der Waals surface area (Å²) in [7, 11) is 0. The van der Waals surface area contributed by atoms with Gasteiger partial charge in [0.05, 0.1) is 5.52 Å². The van der Waals surface area contributed by atoms with Gasteiger partial charge < -0.3 is 16.4 Å². The Bertz CT molecular complexity index is 848. The standard InChI is InChI=1S/C20H23N5O/c21-16(12-15-6-2-1-3-7-15)13-19(26)22-10-11-23-20-17-8-4-5-9-18(17)24-14-25-20/h1-9,14,16H,10-13,21H2,(H,22,26)(H,23,24,25). The third-order valence-corrected chi connectivity index (χ3v) is 4.07. The molecular formula is C20H23N5O. The number of carbonyl (C=O) groups is 1. The van der Waals surface area contributed by atoms with Gasteiger partial charge in [-0.15, -0.1) is 0 Å². The molecule has 0 aliphatic rings. The maximum atomic E-state index is 12.0. The van der Waals surface area contributed by atoms with Crippen molar-refractivity contribution in [2.45, 2.75) is 18.9 Å². The van der Waals surface area contributed by atoms with Crippen LogP contribution in [0.15, 0.2) is 60.9 Å². The first-order valence-corrected chi connectivity index (χ1v) is 8.72. The van der Waals surface area contributed by atoms with Gasteiger partial charge in [0.15, 0.2) is 0 Å². The van der Waals surface area contributed by atoms with E-state index in [1.54, 1.807) is 0 Å². The highest BCUT2D eigenvalue weighted by atomic mass is 16.1. The largest absolute Gasteiger partial charge is 0.368 e. The Morgan fingerprint density at radius 3 is 2.62 bits per heavy atom. The number of anilines is 1. The second kappa shape index (κ2) is 8.92. The molecule has 0 spiro atoms.